The van der Waals surface area contributed by atoms with Crippen LogP contribution >= 0.6 is 0 Å². The molecule has 1 saturated heterocycles. The van der Waals surface area contributed by atoms with Gasteiger partial charge in [-0.25, -0.2) is 0 Å². The second-order valence-corrected chi connectivity index (χ2v) is 6.17. The van der Waals surface area contributed by atoms with Crippen LogP contribution < -0.4 is 5.73 Å². The molecule has 2 N–H and O–H groups in total. The van der Waals surface area contributed by atoms with Crippen LogP contribution in [0, 0.1) is 5.92 Å². The first-order valence-corrected chi connectivity index (χ1v) is 7.77. The van der Waals surface area contributed by atoms with Crippen LogP contribution in [0.2, 0.25) is 0 Å². The topological polar surface area (TPSA) is 35.2 Å². The third-order valence-electron chi connectivity index (χ3n) is 4.78. The van der Waals surface area contributed by atoms with Gasteiger partial charge in [0, 0.05) is 12.6 Å². The minimum Gasteiger partial charge on any atom is -0.378 e. The molecule has 2 aliphatic rings. The Morgan fingerprint density at radius 2 is 1.95 bits per heavy atom. The zero-order valence-corrected chi connectivity index (χ0v) is 11.7. The van der Waals surface area contributed by atoms with Crippen LogP contribution in [0.25, 0.3) is 0 Å². The highest BCUT2D eigenvalue weighted by Crippen LogP contribution is 2.29. The van der Waals surface area contributed by atoms with Gasteiger partial charge < -0.3 is 10.5 Å². The third kappa shape index (κ3) is 3.18. The summed E-state index contributed by atoms with van der Waals surface area (Å²) in [5.74, 6) is 0.655. The average Bonchev–Trinajstić information content (AvgIpc) is 3.07. The highest BCUT2D eigenvalue weighted by atomic mass is 16.5. The molecule has 0 aromatic heterocycles. The summed E-state index contributed by atoms with van der Waals surface area (Å²) in [6, 6.07) is 9.16. The zero-order chi connectivity index (χ0) is 13.1. The summed E-state index contributed by atoms with van der Waals surface area (Å²) in [6.07, 6.45) is 8.95. The first kappa shape index (κ1) is 13.1. The first-order valence-electron chi connectivity index (χ1n) is 7.77. The predicted molar refractivity (Wildman–Crippen MR) is 78.1 cm³/mol. The summed E-state index contributed by atoms with van der Waals surface area (Å²) in [5, 5.41) is 0. The molecular formula is C17H25NO. The van der Waals surface area contributed by atoms with Crippen molar-refractivity contribution in [3.05, 3.63) is 35.4 Å². The fourth-order valence-electron chi connectivity index (χ4n) is 3.58. The Morgan fingerprint density at radius 3 is 2.58 bits per heavy atom. The lowest BCUT2D eigenvalue weighted by Gasteiger charge is -2.19. The highest BCUT2D eigenvalue weighted by Gasteiger charge is 2.26. The fourth-order valence-corrected chi connectivity index (χ4v) is 3.58. The van der Waals surface area contributed by atoms with E-state index in [1.807, 2.05) is 0 Å². The van der Waals surface area contributed by atoms with Crippen LogP contribution in [-0.4, -0.2) is 18.8 Å². The van der Waals surface area contributed by atoms with E-state index in [4.69, 9.17) is 10.5 Å². The Morgan fingerprint density at radius 1 is 1.21 bits per heavy atom. The SMILES string of the molecule is NC(CCCC1CCCO1)C1Cc2ccccc2C1. The van der Waals surface area contributed by atoms with Crippen LogP contribution in [0.5, 0.6) is 0 Å². The van der Waals surface area contributed by atoms with Gasteiger partial charge in [-0.3, -0.25) is 0 Å². The van der Waals surface area contributed by atoms with E-state index in [-0.39, 0.29) is 0 Å². The van der Waals surface area contributed by atoms with E-state index in [0.717, 1.165) is 13.0 Å². The van der Waals surface area contributed by atoms with Gasteiger partial charge in [0.25, 0.3) is 0 Å². The molecule has 1 aromatic carbocycles. The molecule has 0 saturated carbocycles. The standard InChI is InChI=1S/C17H25NO/c18-17(9-3-7-16-8-4-10-19-16)15-11-13-5-1-2-6-14(13)12-15/h1-2,5-6,15-17H,3-4,7-12,18H2. The maximum absolute atomic E-state index is 6.40. The van der Waals surface area contributed by atoms with Gasteiger partial charge in [-0.2, -0.15) is 0 Å². The molecule has 3 rings (SSSR count). The maximum Gasteiger partial charge on any atom is 0.0576 e. The second-order valence-electron chi connectivity index (χ2n) is 6.17. The van der Waals surface area contributed by atoms with E-state index in [0.29, 0.717) is 18.1 Å². The largest absolute Gasteiger partial charge is 0.378 e. The minimum absolute atomic E-state index is 0.355. The summed E-state index contributed by atoms with van der Waals surface area (Å²) in [4.78, 5) is 0. The van der Waals surface area contributed by atoms with Gasteiger partial charge in [0.2, 0.25) is 0 Å². The molecule has 2 atom stereocenters. The highest BCUT2D eigenvalue weighted by molar-refractivity contribution is 5.32. The van der Waals surface area contributed by atoms with Crippen molar-refractivity contribution >= 4 is 0 Å². The maximum atomic E-state index is 6.40. The molecule has 2 heteroatoms. The van der Waals surface area contributed by atoms with E-state index >= 15 is 0 Å². The third-order valence-corrected chi connectivity index (χ3v) is 4.78. The molecule has 19 heavy (non-hydrogen) atoms. The van der Waals surface area contributed by atoms with Crippen molar-refractivity contribution in [1.29, 1.82) is 0 Å². The Balaban J connectivity index is 1.43. The smallest absolute Gasteiger partial charge is 0.0576 e. The van der Waals surface area contributed by atoms with Gasteiger partial charge in [0.15, 0.2) is 0 Å². The van der Waals surface area contributed by atoms with E-state index < -0.39 is 0 Å². The minimum atomic E-state index is 0.355. The van der Waals surface area contributed by atoms with Crippen LogP contribution in [0.3, 0.4) is 0 Å². The quantitative estimate of drug-likeness (QED) is 0.882. The number of nitrogens with two attached hydrogens (primary N) is 1. The molecule has 1 aliphatic heterocycles. The summed E-state index contributed by atoms with van der Waals surface area (Å²) < 4.78 is 5.67. The Kier molecular flexibility index (Phi) is 4.19. The van der Waals surface area contributed by atoms with Gasteiger partial charge in [0.05, 0.1) is 6.10 Å². The summed E-state index contributed by atoms with van der Waals surface area (Å²) >= 11 is 0. The molecule has 0 spiro atoms. The number of rotatable bonds is 5. The zero-order valence-electron chi connectivity index (χ0n) is 11.7. The molecule has 1 fully saturated rings. The van der Waals surface area contributed by atoms with Crippen molar-refractivity contribution in [3.63, 3.8) is 0 Å². The van der Waals surface area contributed by atoms with Crippen molar-refractivity contribution in [2.45, 2.75) is 57.1 Å². The number of benzene rings is 1. The van der Waals surface area contributed by atoms with Gasteiger partial charge in [-0.05, 0) is 62.0 Å². The van der Waals surface area contributed by atoms with Crippen molar-refractivity contribution in [2.75, 3.05) is 6.61 Å². The summed E-state index contributed by atoms with van der Waals surface area (Å²) in [5.41, 5.74) is 9.43. The van der Waals surface area contributed by atoms with Gasteiger partial charge in [-0.15, -0.1) is 0 Å². The Labute approximate surface area is 116 Å². The second kappa shape index (κ2) is 6.06. The predicted octanol–water partition coefficient (Wildman–Crippen LogP) is 3.08. The van der Waals surface area contributed by atoms with E-state index in [1.165, 1.54) is 49.7 Å². The Bertz CT molecular complexity index is 386. The van der Waals surface area contributed by atoms with Gasteiger partial charge >= 0.3 is 0 Å². The van der Waals surface area contributed by atoms with Crippen LogP contribution in [0.4, 0.5) is 0 Å². The molecule has 2 nitrogen and oxygen atoms in total. The molecule has 1 aliphatic carbocycles. The average molecular weight is 259 g/mol. The van der Waals surface area contributed by atoms with Crippen molar-refractivity contribution in [1.82, 2.24) is 0 Å². The Hall–Kier alpha value is -0.860. The molecule has 1 heterocycles. The summed E-state index contributed by atoms with van der Waals surface area (Å²) in [7, 11) is 0. The fraction of sp³-hybridized carbons (Fsp3) is 0.647. The van der Waals surface area contributed by atoms with E-state index in [2.05, 4.69) is 24.3 Å². The lowest BCUT2D eigenvalue weighted by atomic mass is 9.92. The van der Waals surface area contributed by atoms with Crippen LogP contribution in [-0.2, 0) is 17.6 Å². The first-order chi connectivity index (χ1) is 9.33. The van der Waals surface area contributed by atoms with Crippen molar-refractivity contribution in [3.8, 4) is 0 Å². The number of hydrogen-bond acceptors (Lipinski definition) is 2. The number of fused-ring (bicyclic) bond motifs is 1. The van der Waals surface area contributed by atoms with E-state index in [1.54, 1.807) is 0 Å². The molecule has 1 aromatic rings. The molecular weight excluding hydrogens is 234 g/mol. The van der Waals surface area contributed by atoms with Crippen LogP contribution in [0.1, 0.15) is 43.2 Å². The van der Waals surface area contributed by atoms with Crippen molar-refractivity contribution < 1.29 is 4.74 Å². The molecule has 0 bridgehead atoms. The number of ether oxygens (including phenoxy) is 1. The number of hydrogen-bond donors (Lipinski definition) is 1. The lowest BCUT2D eigenvalue weighted by Crippen LogP contribution is -2.30. The molecule has 0 amide bonds. The van der Waals surface area contributed by atoms with E-state index in [9.17, 15) is 0 Å². The normalized spacial score (nSPS) is 24.6. The molecule has 104 valence electrons. The molecule has 0 radical (unpaired) electrons. The van der Waals surface area contributed by atoms with Crippen LogP contribution in [0.15, 0.2) is 24.3 Å². The van der Waals surface area contributed by atoms with Crippen molar-refractivity contribution in [2.24, 2.45) is 11.7 Å². The van der Waals surface area contributed by atoms with Gasteiger partial charge in [0.1, 0.15) is 0 Å². The lowest BCUT2D eigenvalue weighted by molar-refractivity contribution is 0.101. The van der Waals surface area contributed by atoms with Gasteiger partial charge in [-0.1, -0.05) is 24.3 Å². The monoisotopic (exact) mass is 259 g/mol. The summed E-state index contributed by atoms with van der Waals surface area (Å²) in [6.45, 7) is 0.967. The molecule has 2 unspecified atom stereocenters.